The molecule has 3 aromatic heterocycles. The summed E-state index contributed by atoms with van der Waals surface area (Å²) >= 11 is 0. The van der Waals surface area contributed by atoms with Crippen molar-refractivity contribution in [3.8, 4) is 67.9 Å². The standard InChI is InChI=1S/C54H32N4O2/c1-3-11-33(12-4-1)39-17-9-18-40(31-39)52-56-51(37-24-21-35(22-25-37)43-20-10-16-34-13-7-8-19-42(34)43)57-53(58-52)41-26-23-36-27-29-46-48(44(36)32-41)49-47(59-46)30-28-45-50(49)60-54(55-45)38-14-5-2-6-15-38/h1-32H. The average molecular weight is 769 g/mol. The summed E-state index contributed by atoms with van der Waals surface area (Å²) in [6.07, 6.45) is 0. The highest BCUT2D eigenvalue weighted by Crippen LogP contribution is 2.41. The maximum atomic E-state index is 6.52. The Kier molecular flexibility index (Phi) is 7.74. The van der Waals surface area contributed by atoms with Crippen molar-refractivity contribution in [3.05, 3.63) is 194 Å². The van der Waals surface area contributed by atoms with Crippen molar-refractivity contribution in [2.24, 2.45) is 0 Å². The topological polar surface area (TPSA) is 77.8 Å². The number of aromatic nitrogens is 4. The second-order valence-corrected chi connectivity index (χ2v) is 15.0. The summed E-state index contributed by atoms with van der Waals surface area (Å²) in [7, 11) is 0. The van der Waals surface area contributed by atoms with Gasteiger partial charge in [-0.2, -0.15) is 0 Å². The molecule has 0 fully saturated rings. The fourth-order valence-corrected chi connectivity index (χ4v) is 8.41. The molecule has 280 valence electrons. The average Bonchev–Trinajstić information content (AvgIpc) is 3.94. The van der Waals surface area contributed by atoms with E-state index in [1.165, 1.54) is 16.3 Å². The lowest BCUT2D eigenvalue weighted by Gasteiger charge is -2.11. The van der Waals surface area contributed by atoms with Crippen LogP contribution in [0.15, 0.2) is 203 Å². The zero-order chi connectivity index (χ0) is 39.6. The highest BCUT2D eigenvalue weighted by molar-refractivity contribution is 6.25. The lowest BCUT2D eigenvalue weighted by molar-refractivity contribution is 0.622. The third-order valence-electron chi connectivity index (χ3n) is 11.4. The molecule has 0 spiro atoms. The number of fused-ring (bicyclic) bond motifs is 8. The number of rotatable bonds is 6. The second kappa shape index (κ2) is 13.7. The minimum absolute atomic E-state index is 0.570. The molecule has 60 heavy (non-hydrogen) atoms. The van der Waals surface area contributed by atoms with Gasteiger partial charge in [-0.1, -0.05) is 152 Å². The SMILES string of the molecule is c1ccc(-c2cccc(-c3nc(-c4ccc(-c5cccc6ccccc56)cc4)nc(-c4ccc5ccc6oc7ccc8nc(-c9ccccc9)oc8c7c6c5c4)n3)c2)cc1. The molecule has 12 aromatic rings. The maximum Gasteiger partial charge on any atom is 0.227 e. The minimum Gasteiger partial charge on any atom is -0.456 e. The van der Waals surface area contributed by atoms with Crippen molar-refractivity contribution in [2.45, 2.75) is 0 Å². The van der Waals surface area contributed by atoms with E-state index in [-0.39, 0.29) is 0 Å². The van der Waals surface area contributed by atoms with Gasteiger partial charge in [0.1, 0.15) is 16.7 Å². The lowest BCUT2D eigenvalue weighted by atomic mass is 9.97. The first-order valence-electron chi connectivity index (χ1n) is 20.0. The van der Waals surface area contributed by atoms with Crippen LogP contribution in [-0.4, -0.2) is 19.9 Å². The zero-order valence-electron chi connectivity index (χ0n) is 32.1. The molecular weight excluding hydrogens is 737 g/mol. The molecule has 3 heterocycles. The van der Waals surface area contributed by atoms with Gasteiger partial charge in [0.05, 0.1) is 5.39 Å². The van der Waals surface area contributed by atoms with Crippen molar-refractivity contribution in [3.63, 3.8) is 0 Å². The van der Waals surface area contributed by atoms with E-state index >= 15 is 0 Å². The Morgan fingerprint density at radius 2 is 0.883 bits per heavy atom. The zero-order valence-corrected chi connectivity index (χ0v) is 32.1. The molecule has 0 aliphatic heterocycles. The van der Waals surface area contributed by atoms with E-state index in [2.05, 4.69) is 140 Å². The first-order valence-corrected chi connectivity index (χ1v) is 20.0. The molecule has 0 amide bonds. The molecule has 6 heteroatoms. The molecule has 0 aliphatic carbocycles. The molecule has 0 saturated carbocycles. The Labute approximate surface area is 344 Å². The molecular formula is C54H32N4O2. The van der Waals surface area contributed by atoms with E-state index in [1.54, 1.807) is 0 Å². The fourth-order valence-electron chi connectivity index (χ4n) is 8.41. The van der Waals surface area contributed by atoms with Crippen LogP contribution in [0.2, 0.25) is 0 Å². The molecule has 6 nitrogen and oxygen atoms in total. The lowest BCUT2D eigenvalue weighted by Crippen LogP contribution is -2.00. The van der Waals surface area contributed by atoms with Gasteiger partial charge in [0.2, 0.25) is 5.89 Å². The largest absolute Gasteiger partial charge is 0.456 e. The Morgan fingerprint density at radius 1 is 0.317 bits per heavy atom. The van der Waals surface area contributed by atoms with Crippen LogP contribution in [0, 0.1) is 0 Å². The molecule has 0 N–H and O–H groups in total. The molecule has 0 radical (unpaired) electrons. The van der Waals surface area contributed by atoms with Crippen molar-refractivity contribution >= 4 is 54.6 Å². The Morgan fingerprint density at radius 3 is 1.70 bits per heavy atom. The summed E-state index contributed by atoms with van der Waals surface area (Å²) in [5, 5.41) is 6.33. The third kappa shape index (κ3) is 5.73. The van der Waals surface area contributed by atoms with Crippen LogP contribution in [0.3, 0.4) is 0 Å². The van der Waals surface area contributed by atoms with Gasteiger partial charge in [-0.15, -0.1) is 0 Å². The van der Waals surface area contributed by atoms with Crippen LogP contribution in [-0.2, 0) is 0 Å². The van der Waals surface area contributed by atoms with Gasteiger partial charge in [0.25, 0.3) is 0 Å². The van der Waals surface area contributed by atoms with Crippen LogP contribution >= 0.6 is 0 Å². The van der Waals surface area contributed by atoms with Gasteiger partial charge in [0.15, 0.2) is 23.1 Å². The van der Waals surface area contributed by atoms with Crippen LogP contribution in [0.25, 0.3) is 122 Å². The van der Waals surface area contributed by atoms with Crippen LogP contribution < -0.4 is 0 Å². The highest BCUT2D eigenvalue weighted by atomic mass is 16.4. The quantitative estimate of drug-likeness (QED) is 0.168. The fraction of sp³-hybridized carbons (Fsp3) is 0. The van der Waals surface area contributed by atoms with Gasteiger partial charge >= 0.3 is 0 Å². The van der Waals surface area contributed by atoms with Gasteiger partial charge < -0.3 is 8.83 Å². The van der Waals surface area contributed by atoms with E-state index in [4.69, 9.17) is 28.8 Å². The van der Waals surface area contributed by atoms with Gasteiger partial charge in [-0.3, -0.25) is 0 Å². The third-order valence-corrected chi connectivity index (χ3v) is 11.4. The molecule has 0 saturated heterocycles. The molecule has 0 atom stereocenters. The van der Waals surface area contributed by atoms with Crippen LogP contribution in [0.1, 0.15) is 0 Å². The van der Waals surface area contributed by atoms with Gasteiger partial charge in [-0.05, 0) is 86.3 Å². The van der Waals surface area contributed by atoms with Crippen LogP contribution in [0.5, 0.6) is 0 Å². The number of benzene rings is 9. The maximum absolute atomic E-state index is 6.52. The summed E-state index contributed by atoms with van der Waals surface area (Å²) in [5.74, 6) is 2.32. The van der Waals surface area contributed by atoms with Crippen molar-refractivity contribution in [2.75, 3.05) is 0 Å². The number of hydrogen-bond acceptors (Lipinski definition) is 6. The summed E-state index contributed by atoms with van der Waals surface area (Å²) in [6, 6.07) is 66.6. The molecule has 0 aliphatic rings. The number of nitrogens with zero attached hydrogens (tertiary/aromatic N) is 4. The number of hydrogen-bond donors (Lipinski definition) is 0. The molecule has 9 aromatic carbocycles. The van der Waals surface area contributed by atoms with E-state index in [9.17, 15) is 0 Å². The van der Waals surface area contributed by atoms with Crippen LogP contribution in [0.4, 0.5) is 0 Å². The summed E-state index contributed by atoms with van der Waals surface area (Å²) in [6.45, 7) is 0. The van der Waals surface area contributed by atoms with E-state index in [1.807, 2.05) is 54.6 Å². The van der Waals surface area contributed by atoms with E-state index in [0.717, 1.165) is 77.2 Å². The van der Waals surface area contributed by atoms with Crippen molar-refractivity contribution in [1.29, 1.82) is 0 Å². The number of oxazole rings is 1. The molecule has 0 unspecified atom stereocenters. The normalized spacial score (nSPS) is 11.7. The Hall–Kier alpha value is -8.22. The van der Waals surface area contributed by atoms with Gasteiger partial charge in [0, 0.05) is 27.6 Å². The summed E-state index contributed by atoms with van der Waals surface area (Å²) in [5.41, 5.74) is 11.1. The molecule has 0 bridgehead atoms. The highest BCUT2D eigenvalue weighted by Gasteiger charge is 2.20. The first kappa shape index (κ1) is 33.9. The molecule has 12 rings (SSSR count). The van der Waals surface area contributed by atoms with E-state index in [0.29, 0.717) is 28.9 Å². The minimum atomic E-state index is 0.570. The Bertz CT molecular complexity index is 3590. The number of furan rings is 1. The first-order chi connectivity index (χ1) is 29.7. The second-order valence-electron chi connectivity index (χ2n) is 15.0. The summed E-state index contributed by atoms with van der Waals surface area (Å²) in [4.78, 5) is 20.4. The van der Waals surface area contributed by atoms with Crippen molar-refractivity contribution in [1.82, 2.24) is 19.9 Å². The predicted molar refractivity (Wildman–Crippen MR) is 242 cm³/mol. The Balaban J connectivity index is 1.03. The predicted octanol–water partition coefficient (Wildman–Crippen LogP) is 14.2. The summed E-state index contributed by atoms with van der Waals surface area (Å²) < 4.78 is 13.0. The monoisotopic (exact) mass is 768 g/mol. The van der Waals surface area contributed by atoms with Gasteiger partial charge in [-0.25, -0.2) is 19.9 Å². The van der Waals surface area contributed by atoms with Crippen molar-refractivity contribution < 1.29 is 8.83 Å². The smallest absolute Gasteiger partial charge is 0.227 e. The van der Waals surface area contributed by atoms with E-state index < -0.39 is 0 Å².